The predicted molar refractivity (Wildman–Crippen MR) is 129 cm³/mol. The van der Waals surface area contributed by atoms with Crippen LogP contribution in [0.3, 0.4) is 0 Å². The molecule has 8 heteroatoms. The smallest absolute Gasteiger partial charge is 0.338 e. The summed E-state index contributed by atoms with van der Waals surface area (Å²) in [5.41, 5.74) is 1.83. The van der Waals surface area contributed by atoms with Crippen molar-refractivity contribution in [2.24, 2.45) is 0 Å². The molecule has 4 rings (SSSR count). The number of carbonyl (C=O) groups is 1. The minimum atomic E-state index is -3.84. The molecule has 0 saturated heterocycles. The third kappa shape index (κ3) is 5.02. The number of nitrogens with zero attached hydrogens (tertiary/aromatic N) is 1. The average Bonchev–Trinajstić information content (AvgIpc) is 3.19. The highest BCUT2D eigenvalue weighted by Gasteiger charge is 2.36. The minimum Gasteiger partial charge on any atom is -0.494 e. The lowest BCUT2D eigenvalue weighted by Gasteiger charge is -2.24. The van der Waals surface area contributed by atoms with Gasteiger partial charge >= 0.3 is 5.97 Å². The van der Waals surface area contributed by atoms with E-state index in [1.165, 1.54) is 22.5 Å². The number of ether oxygens (including phenoxy) is 3. The van der Waals surface area contributed by atoms with Crippen molar-refractivity contribution < 1.29 is 27.4 Å². The van der Waals surface area contributed by atoms with E-state index in [2.05, 4.69) is 0 Å². The summed E-state index contributed by atoms with van der Waals surface area (Å²) >= 11 is 0. The molecule has 1 aliphatic heterocycles. The van der Waals surface area contributed by atoms with Gasteiger partial charge in [-0.2, -0.15) is 0 Å². The van der Waals surface area contributed by atoms with Gasteiger partial charge in [0, 0.05) is 6.04 Å². The number of anilines is 1. The number of rotatable bonds is 9. The predicted octanol–water partition coefficient (Wildman–Crippen LogP) is 4.46. The molecule has 1 atom stereocenters. The van der Waals surface area contributed by atoms with Crippen molar-refractivity contribution in [3.63, 3.8) is 0 Å². The van der Waals surface area contributed by atoms with E-state index in [0.29, 0.717) is 24.5 Å². The van der Waals surface area contributed by atoms with E-state index >= 15 is 0 Å². The zero-order valence-electron chi connectivity index (χ0n) is 19.1. The van der Waals surface area contributed by atoms with E-state index in [4.69, 9.17) is 14.2 Å². The molecule has 0 N–H and O–H groups in total. The maximum atomic E-state index is 13.4. The maximum Gasteiger partial charge on any atom is 0.338 e. The summed E-state index contributed by atoms with van der Waals surface area (Å²) in [4.78, 5) is 12.6. The van der Waals surface area contributed by atoms with Crippen LogP contribution in [0.15, 0.2) is 77.7 Å². The number of esters is 1. The van der Waals surface area contributed by atoms with Crippen LogP contribution in [0.2, 0.25) is 0 Å². The Morgan fingerprint density at radius 1 is 0.941 bits per heavy atom. The molecule has 1 unspecified atom stereocenters. The summed E-state index contributed by atoms with van der Waals surface area (Å²) in [7, 11) is -3.84. The molecule has 178 valence electrons. The van der Waals surface area contributed by atoms with E-state index in [9.17, 15) is 13.2 Å². The molecule has 3 aromatic rings. The molecule has 0 radical (unpaired) electrons. The normalized spacial score (nSPS) is 15.0. The van der Waals surface area contributed by atoms with Gasteiger partial charge in [-0.15, -0.1) is 0 Å². The van der Waals surface area contributed by atoms with E-state index in [0.717, 1.165) is 11.3 Å². The summed E-state index contributed by atoms with van der Waals surface area (Å²) in [6.45, 7) is 4.57. The Balaban J connectivity index is 1.38. The van der Waals surface area contributed by atoms with Gasteiger partial charge in [0.1, 0.15) is 24.7 Å². The van der Waals surface area contributed by atoms with Crippen LogP contribution in [0.1, 0.15) is 29.8 Å². The Kier molecular flexibility index (Phi) is 7.07. The maximum absolute atomic E-state index is 13.4. The van der Waals surface area contributed by atoms with Crippen LogP contribution in [0.4, 0.5) is 5.69 Å². The topological polar surface area (TPSA) is 82.1 Å². The minimum absolute atomic E-state index is 0.0273. The van der Waals surface area contributed by atoms with Crippen molar-refractivity contribution in [3.05, 3.63) is 83.9 Å². The number of hydrogen-bond donors (Lipinski definition) is 0. The monoisotopic (exact) mass is 481 g/mol. The lowest BCUT2D eigenvalue weighted by molar-refractivity contribution is 0.0450. The van der Waals surface area contributed by atoms with E-state index in [-0.39, 0.29) is 29.7 Å². The van der Waals surface area contributed by atoms with Crippen LogP contribution in [0.5, 0.6) is 11.5 Å². The zero-order valence-corrected chi connectivity index (χ0v) is 20.0. The lowest BCUT2D eigenvalue weighted by atomic mass is 10.1. The van der Waals surface area contributed by atoms with Gasteiger partial charge in [-0.25, -0.2) is 13.2 Å². The molecule has 1 aliphatic rings. The van der Waals surface area contributed by atoms with Crippen molar-refractivity contribution in [1.82, 2.24) is 0 Å². The van der Waals surface area contributed by atoms with E-state index in [1.807, 2.05) is 32.0 Å². The second-order valence-electron chi connectivity index (χ2n) is 7.90. The second kappa shape index (κ2) is 10.2. The highest BCUT2D eigenvalue weighted by atomic mass is 32.2. The Labute approximate surface area is 199 Å². The average molecular weight is 482 g/mol. The summed E-state index contributed by atoms with van der Waals surface area (Å²) in [5, 5.41) is 0. The quantitative estimate of drug-likeness (QED) is 0.332. The molecule has 0 saturated carbocycles. The number of carbonyl (C=O) groups excluding carboxylic acids is 1. The number of sulfonamides is 1. The molecule has 7 nitrogen and oxygen atoms in total. The standard InChI is InChI=1S/C26H27NO6S/c1-3-31-22-11-13-23(14-12-22)32-15-16-33-26(28)21-8-6-9-24(18-21)34(29,30)27-19(2)17-20-7-4-5-10-25(20)27/h4-14,18-19H,3,15-17H2,1-2H3. The lowest BCUT2D eigenvalue weighted by Crippen LogP contribution is -2.35. The van der Waals surface area contributed by atoms with Gasteiger partial charge in [0.15, 0.2) is 0 Å². The Hall–Kier alpha value is -3.52. The molecule has 0 aromatic heterocycles. The van der Waals surface area contributed by atoms with Crippen LogP contribution in [-0.2, 0) is 21.2 Å². The fourth-order valence-electron chi connectivity index (χ4n) is 3.98. The third-order valence-electron chi connectivity index (χ3n) is 5.49. The van der Waals surface area contributed by atoms with E-state index < -0.39 is 16.0 Å². The third-order valence-corrected chi connectivity index (χ3v) is 7.42. The summed E-state index contributed by atoms with van der Waals surface area (Å²) in [6.07, 6.45) is 0.644. The van der Waals surface area contributed by atoms with Gasteiger partial charge in [0.25, 0.3) is 10.0 Å². The van der Waals surface area contributed by atoms with Crippen molar-refractivity contribution in [2.45, 2.75) is 31.2 Å². The van der Waals surface area contributed by atoms with Crippen molar-refractivity contribution >= 4 is 21.7 Å². The molecular formula is C26H27NO6S. The van der Waals surface area contributed by atoms with Gasteiger partial charge in [-0.1, -0.05) is 24.3 Å². The largest absolute Gasteiger partial charge is 0.494 e. The first kappa shape index (κ1) is 23.6. The molecule has 1 heterocycles. The summed E-state index contributed by atoms with van der Waals surface area (Å²) < 4.78 is 44.5. The van der Waals surface area contributed by atoms with Crippen molar-refractivity contribution in [2.75, 3.05) is 24.1 Å². The Bertz CT molecular complexity index is 1260. The summed E-state index contributed by atoms with van der Waals surface area (Å²) in [6, 6.07) is 20.3. The highest BCUT2D eigenvalue weighted by Crippen LogP contribution is 2.36. The van der Waals surface area contributed by atoms with E-state index in [1.54, 1.807) is 36.4 Å². The van der Waals surface area contributed by atoms with Gasteiger partial charge < -0.3 is 14.2 Å². The van der Waals surface area contributed by atoms with Crippen molar-refractivity contribution in [1.29, 1.82) is 0 Å². The number of hydrogen-bond acceptors (Lipinski definition) is 6. The van der Waals surface area contributed by atoms with Crippen LogP contribution in [0.25, 0.3) is 0 Å². The SMILES string of the molecule is CCOc1ccc(OCCOC(=O)c2cccc(S(=O)(=O)N3c4ccccc4CC3C)c2)cc1. The summed E-state index contributed by atoms with van der Waals surface area (Å²) in [5.74, 6) is 0.776. The first-order valence-electron chi connectivity index (χ1n) is 11.2. The van der Waals surface area contributed by atoms with Gasteiger partial charge in [-0.3, -0.25) is 4.31 Å². The van der Waals surface area contributed by atoms with Crippen LogP contribution < -0.4 is 13.8 Å². The van der Waals surface area contributed by atoms with Gasteiger partial charge in [-0.05, 0) is 74.4 Å². The van der Waals surface area contributed by atoms with Crippen molar-refractivity contribution in [3.8, 4) is 11.5 Å². The number of fused-ring (bicyclic) bond motifs is 1. The van der Waals surface area contributed by atoms with Crippen LogP contribution in [0, 0.1) is 0 Å². The molecule has 0 fully saturated rings. The zero-order chi connectivity index (χ0) is 24.1. The molecule has 0 aliphatic carbocycles. The number of para-hydroxylation sites is 1. The van der Waals surface area contributed by atoms with Crippen LogP contribution >= 0.6 is 0 Å². The number of benzene rings is 3. The first-order valence-corrected chi connectivity index (χ1v) is 12.6. The fourth-order valence-corrected chi connectivity index (χ4v) is 5.72. The Morgan fingerprint density at radius 3 is 2.38 bits per heavy atom. The molecule has 34 heavy (non-hydrogen) atoms. The second-order valence-corrected chi connectivity index (χ2v) is 9.71. The highest BCUT2D eigenvalue weighted by molar-refractivity contribution is 7.92. The fraction of sp³-hybridized carbons (Fsp3) is 0.269. The Morgan fingerprint density at radius 2 is 1.65 bits per heavy atom. The molecule has 0 amide bonds. The van der Waals surface area contributed by atoms with Crippen LogP contribution in [-0.4, -0.2) is 40.2 Å². The molecule has 3 aromatic carbocycles. The first-order chi connectivity index (χ1) is 16.4. The van der Waals surface area contributed by atoms with Gasteiger partial charge in [0.2, 0.25) is 0 Å². The van der Waals surface area contributed by atoms with Gasteiger partial charge in [0.05, 0.1) is 22.8 Å². The molecule has 0 spiro atoms. The molecular weight excluding hydrogens is 454 g/mol. The molecule has 0 bridgehead atoms.